The van der Waals surface area contributed by atoms with Crippen LogP contribution in [0.15, 0.2) is 39.8 Å². The van der Waals surface area contributed by atoms with Crippen LogP contribution in [0.4, 0.5) is 0 Å². The summed E-state index contributed by atoms with van der Waals surface area (Å²) in [6, 6.07) is 7.92. The summed E-state index contributed by atoms with van der Waals surface area (Å²) >= 11 is 0. The van der Waals surface area contributed by atoms with Gasteiger partial charge in [0, 0.05) is 11.6 Å². The van der Waals surface area contributed by atoms with Crippen LogP contribution in [0.25, 0.3) is 11.3 Å². The minimum atomic E-state index is -3.64. The van der Waals surface area contributed by atoms with Gasteiger partial charge in [0.15, 0.2) is 0 Å². The van der Waals surface area contributed by atoms with E-state index in [4.69, 9.17) is 9.66 Å². The van der Waals surface area contributed by atoms with Gasteiger partial charge in [-0.2, -0.15) is 0 Å². The van der Waals surface area contributed by atoms with E-state index in [2.05, 4.69) is 5.16 Å². The van der Waals surface area contributed by atoms with E-state index in [0.717, 1.165) is 5.56 Å². The van der Waals surface area contributed by atoms with Crippen molar-refractivity contribution >= 4 is 10.0 Å². The first-order chi connectivity index (χ1) is 7.47. The molecule has 0 saturated heterocycles. The SMILES string of the molecule is Cc1cc(-c2ccc(S(N)(=O)=O)cc2)no1. The number of primary sulfonamides is 1. The number of nitrogens with two attached hydrogens (primary N) is 1. The van der Waals surface area contributed by atoms with Crippen LogP contribution >= 0.6 is 0 Å². The molecule has 16 heavy (non-hydrogen) atoms. The highest BCUT2D eigenvalue weighted by molar-refractivity contribution is 7.89. The van der Waals surface area contributed by atoms with E-state index in [-0.39, 0.29) is 4.90 Å². The number of hydrogen-bond donors (Lipinski definition) is 1. The summed E-state index contributed by atoms with van der Waals surface area (Å²) in [5.41, 5.74) is 1.45. The standard InChI is InChI=1S/C10H10N2O3S/c1-7-6-10(12-15-7)8-2-4-9(5-3-8)16(11,13)14/h2-6H,1H3,(H2,11,13,14). The zero-order chi connectivity index (χ0) is 11.8. The Bertz CT molecular complexity index is 599. The molecule has 0 saturated carbocycles. The van der Waals surface area contributed by atoms with Crippen LogP contribution in [0.2, 0.25) is 0 Å². The fourth-order valence-electron chi connectivity index (χ4n) is 1.32. The largest absolute Gasteiger partial charge is 0.361 e. The molecular formula is C10H10N2O3S. The summed E-state index contributed by atoms with van der Waals surface area (Å²) in [6.45, 7) is 1.79. The molecule has 0 radical (unpaired) electrons. The molecule has 2 aromatic rings. The molecule has 1 aromatic carbocycles. The number of sulfonamides is 1. The maximum Gasteiger partial charge on any atom is 0.238 e. The summed E-state index contributed by atoms with van der Waals surface area (Å²) in [5.74, 6) is 0.700. The molecule has 5 nitrogen and oxygen atoms in total. The van der Waals surface area contributed by atoms with Gasteiger partial charge < -0.3 is 4.52 Å². The molecule has 1 aromatic heterocycles. The molecule has 2 N–H and O–H groups in total. The Morgan fingerprint density at radius 1 is 1.25 bits per heavy atom. The molecule has 6 heteroatoms. The molecular weight excluding hydrogens is 228 g/mol. The van der Waals surface area contributed by atoms with Crippen molar-refractivity contribution in [3.8, 4) is 11.3 Å². The van der Waals surface area contributed by atoms with Crippen molar-refractivity contribution < 1.29 is 12.9 Å². The molecule has 0 aliphatic carbocycles. The first kappa shape index (κ1) is 10.8. The summed E-state index contributed by atoms with van der Waals surface area (Å²) in [7, 11) is -3.64. The Labute approximate surface area is 92.9 Å². The lowest BCUT2D eigenvalue weighted by atomic mass is 10.1. The van der Waals surface area contributed by atoms with Crippen LogP contribution in [-0.4, -0.2) is 13.6 Å². The van der Waals surface area contributed by atoms with Crippen molar-refractivity contribution in [2.24, 2.45) is 5.14 Å². The first-order valence-corrected chi connectivity index (χ1v) is 6.08. The molecule has 0 unspecified atom stereocenters. The normalized spacial score (nSPS) is 11.6. The van der Waals surface area contributed by atoms with E-state index in [0.29, 0.717) is 11.5 Å². The van der Waals surface area contributed by atoms with Crippen LogP contribution in [-0.2, 0) is 10.0 Å². The van der Waals surface area contributed by atoms with Crippen molar-refractivity contribution in [2.45, 2.75) is 11.8 Å². The topological polar surface area (TPSA) is 86.2 Å². The van der Waals surface area contributed by atoms with Crippen LogP contribution < -0.4 is 5.14 Å². The lowest BCUT2D eigenvalue weighted by molar-refractivity contribution is 0.399. The second-order valence-electron chi connectivity index (χ2n) is 3.39. The molecule has 0 atom stereocenters. The number of nitrogens with zero attached hydrogens (tertiary/aromatic N) is 1. The number of hydrogen-bond acceptors (Lipinski definition) is 4. The average molecular weight is 238 g/mol. The Hall–Kier alpha value is -1.66. The zero-order valence-electron chi connectivity index (χ0n) is 8.54. The number of benzene rings is 1. The van der Waals surface area contributed by atoms with Crippen LogP contribution in [0.3, 0.4) is 0 Å². The minimum absolute atomic E-state index is 0.0801. The number of aryl methyl sites for hydroxylation is 1. The fraction of sp³-hybridized carbons (Fsp3) is 0.100. The third-order valence-corrected chi connectivity index (χ3v) is 3.04. The Morgan fingerprint density at radius 3 is 2.31 bits per heavy atom. The molecule has 0 bridgehead atoms. The third kappa shape index (κ3) is 2.12. The van der Waals surface area contributed by atoms with E-state index < -0.39 is 10.0 Å². The van der Waals surface area contributed by atoms with Gasteiger partial charge in [-0.3, -0.25) is 0 Å². The highest BCUT2D eigenvalue weighted by atomic mass is 32.2. The lowest BCUT2D eigenvalue weighted by Crippen LogP contribution is -2.11. The van der Waals surface area contributed by atoms with E-state index >= 15 is 0 Å². The lowest BCUT2D eigenvalue weighted by Gasteiger charge is -1.98. The quantitative estimate of drug-likeness (QED) is 0.854. The van der Waals surface area contributed by atoms with E-state index in [9.17, 15) is 8.42 Å². The summed E-state index contributed by atoms with van der Waals surface area (Å²) < 4.78 is 27.0. The van der Waals surface area contributed by atoms with Crippen molar-refractivity contribution in [3.05, 3.63) is 36.1 Å². The second-order valence-corrected chi connectivity index (χ2v) is 4.95. The highest BCUT2D eigenvalue weighted by Crippen LogP contribution is 2.20. The van der Waals surface area contributed by atoms with Gasteiger partial charge in [0.25, 0.3) is 0 Å². The first-order valence-electron chi connectivity index (χ1n) is 4.53. The predicted molar refractivity (Wildman–Crippen MR) is 58.0 cm³/mol. The van der Waals surface area contributed by atoms with Crippen molar-refractivity contribution in [3.63, 3.8) is 0 Å². The molecule has 2 rings (SSSR count). The van der Waals surface area contributed by atoms with Gasteiger partial charge in [0.1, 0.15) is 11.5 Å². The molecule has 0 amide bonds. The molecule has 0 fully saturated rings. The smallest absolute Gasteiger partial charge is 0.238 e. The number of rotatable bonds is 2. The Balaban J connectivity index is 2.40. The van der Waals surface area contributed by atoms with Crippen molar-refractivity contribution in [1.82, 2.24) is 5.16 Å². The van der Waals surface area contributed by atoms with Crippen LogP contribution in [0, 0.1) is 6.92 Å². The van der Waals surface area contributed by atoms with E-state index in [1.54, 1.807) is 25.1 Å². The van der Waals surface area contributed by atoms with Gasteiger partial charge in [-0.25, -0.2) is 13.6 Å². The maximum absolute atomic E-state index is 11.0. The summed E-state index contributed by atoms with van der Waals surface area (Å²) in [5, 5.41) is 8.81. The van der Waals surface area contributed by atoms with Gasteiger partial charge in [-0.1, -0.05) is 17.3 Å². The van der Waals surface area contributed by atoms with E-state index in [1.807, 2.05) is 0 Å². The zero-order valence-corrected chi connectivity index (χ0v) is 9.36. The Kier molecular flexibility index (Phi) is 2.53. The Morgan fingerprint density at radius 2 is 1.88 bits per heavy atom. The van der Waals surface area contributed by atoms with Crippen molar-refractivity contribution in [2.75, 3.05) is 0 Å². The van der Waals surface area contributed by atoms with Gasteiger partial charge >= 0.3 is 0 Å². The van der Waals surface area contributed by atoms with Gasteiger partial charge in [0.05, 0.1) is 4.90 Å². The van der Waals surface area contributed by atoms with Gasteiger partial charge in [-0.05, 0) is 19.1 Å². The number of aromatic nitrogens is 1. The van der Waals surface area contributed by atoms with Gasteiger partial charge in [0.2, 0.25) is 10.0 Å². The molecule has 1 heterocycles. The third-order valence-electron chi connectivity index (χ3n) is 2.11. The monoisotopic (exact) mass is 238 g/mol. The fourth-order valence-corrected chi connectivity index (χ4v) is 1.83. The van der Waals surface area contributed by atoms with Gasteiger partial charge in [-0.15, -0.1) is 0 Å². The van der Waals surface area contributed by atoms with Crippen LogP contribution in [0.1, 0.15) is 5.76 Å². The summed E-state index contributed by atoms with van der Waals surface area (Å²) in [4.78, 5) is 0.0801. The molecule has 84 valence electrons. The summed E-state index contributed by atoms with van der Waals surface area (Å²) in [6.07, 6.45) is 0. The minimum Gasteiger partial charge on any atom is -0.361 e. The second kappa shape index (κ2) is 3.73. The van der Waals surface area contributed by atoms with Crippen LogP contribution in [0.5, 0.6) is 0 Å². The highest BCUT2D eigenvalue weighted by Gasteiger charge is 2.08. The molecule has 0 aliphatic heterocycles. The average Bonchev–Trinajstić information content (AvgIpc) is 2.64. The molecule has 0 aliphatic rings. The predicted octanol–water partition coefficient (Wildman–Crippen LogP) is 1.30. The van der Waals surface area contributed by atoms with E-state index in [1.165, 1.54) is 12.1 Å². The van der Waals surface area contributed by atoms with Crippen molar-refractivity contribution in [1.29, 1.82) is 0 Å². The maximum atomic E-state index is 11.0. The molecule has 0 spiro atoms.